The van der Waals surface area contributed by atoms with Gasteiger partial charge in [0, 0.05) is 40.0 Å². The topological polar surface area (TPSA) is 71.3 Å². The molecule has 0 radical (unpaired) electrons. The maximum atomic E-state index is 12.6. The Hall–Kier alpha value is -2.44. The Morgan fingerprint density at radius 3 is 2.85 bits per heavy atom. The van der Waals surface area contributed by atoms with E-state index in [1.54, 1.807) is 6.07 Å². The SMILES string of the molecule is CC1Cc2sc(-c3ccc4c(=O)c(C(=O)O)cn(C5CC5)c4c3)cc2CN1. The molecule has 0 amide bonds. The molecule has 5 rings (SSSR count). The second-order valence-corrected chi connectivity index (χ2v) is 8.73. The molecule has 3 heterocycles. The summed E-state index contributed by atoms with van der Waals surface area (Å²) in [6.07, 6.45) is 4.62. The van der Waals surface area contributed by atoms with Crippen LogP contribution in [0.15, 0.2) is 35.3 Å². The molecule has 1 fully saturated rings. The first kappa shape index (κ1) is 16.7. The molecule has 3 aromatic rings. The van der Waals surface area contributed by atoms with Gasteiger partial charge in [0.2, 0.25) is 5.43 Å². The maximum Gasteiger partial charge on any atom is 0.341 e. The van der Waals surface area contributed by atoms with Crippen molar-refractivity contribution in [2.24, 2.45) is 0 Å². The van der Waals surface area contributed by atoms with Crippen LogP contribution >= 0.6 is 11.3 Å². The molecule has 1 aliphatic carbocycles. The second kappa shape index (κ2) is 6.04. The number of carbonyl (C=O) groups is 1. The number of thiophene rings is 1. The molecule has 1 aliphatic heterocycles. The van der Waals surface area contributed by atoms with Crippen LogP contribution in [0.2, 0.25) is 0 Å². The Labute approximate surface area is 160 Å². The Kier molecular flexibility index (Phi) is 3.74. The predicted octanol–water partition coefficient (Wildman–Crippen LogP) is 3.80. The van der Waals surface area contributed by atoms with Crippen LogP contribution in [0.4, 0.5) is 0 Å². The van der Waals surface area contributed by atoms with Gasteiger partial charge in [0.1, 0.15) is 5.56 Å². The van der Waals surface area contributed by atoms with E-state index in [9.17, 15) is 14.7 Å². The average Bonchev–Trinajstić information content (AvgIpc) is 3.40. The van der Waals surface area contributed by atoms with Crippen molar-refractivity contribution >= 4 is 28.2 Å². The lowest BCUT2D eigenvalue weighted by Crippen LogP contribution is -2.31. The molecule has 6 heteroatoms. The third kappa shape index (κ3) is 2.80. The minimum Gasteiger partial charge on any atom is -0.477 e. The number of fused-ring (bicyclic) bond motifs is 2. The zero-order chi connectivity index (χ0) is 18.7. The summed E-state index contributed by atoms with van der Waals surface area (Å²) in [7, 11) is 0. The van der Waals surface area contributed by atoms with Gasteiger partial charge in [-0.25, -0.2) is 4.79 Å². The molecule has 1 aromatic carbocycles. The number of benzene rings is 1. The van der Waals surface area contributed by atoms with Gasteiger partial charge in [-0.15, -0.1) is 11.3 Å². The lowest BCUT2D eigenvalue weighted by atomic mass is 10.0. The number of nitrogens with zero attached hydrogens (tertiary/aromatic N) is 1. The van der Waals surface area contributed by atoms with Gasteiger partial charge in [0.15, 0.2) is 0 Å². The van der Waals surface area contributed by atoms with E-state index in [0.29, 0.717) is 17.5 Å². The van der Waals surface area contributed by atoms with Crippen molar-refractivity contribution < 1.29 is 9.90 Å². The molecule has 2 N–H and O–H groups in total. The van der Waals surface area contributed by atoms with Crippen LogP contribution in [0.25, 0.3) is 21.3 Å². The van der Waals surface area contributed by atoms with Gasteiger partial charge in [-0.2, -0.15) is 0 Å². The summed E-state index contributed by atoms with van der Waals surface area (Å²) in [5.74, 6) is -1.16. The standard InChI is InChI=1S/C21H20N2O3S/c1-11-6-18-13(9-22-11)8-19(27-18)12-2-5-15-17(7-12)23(14-3-4-14)10-16(20(15)24)21(25)26/h2,5,7-8,10-11,14,22H,3-4,6,9H2,1H3,(H,25,26). The van der Waals surface area contributed by atoms with E-state index >= 15 is 0 Å². The molecule has 1 unspecified atom stereocenters. The monoisotopic (exact) mass is 380 g/mol. The Morgan fingerprint density at radius 1 is 1.30 bits per heavy atom. The van der Waals surface area contributed by atoms with Crippen molar-refractivity contribution in [3.05, 3.63) is 56.7 Å². The first-order valence-corrected chi connectivity index (χ1v) is 10.1. The van der Waals surface area contributed by atoms with E-state index < -0.39 is 11.4 Å². The predicted molar refractivity (Wildman–Crippen MR) is 107 cm³/mol. The summed E-state index contributed by atoms with van der Waals surface area (Å²) in [5, 5.41) is 13.4. The molecule has 1 atom stereocenters. The van der Waals surface area contributed by atoms with Crippen LogP contribution in [0.3, 0.4) is 0 Å². The average molecular weight is 380 g/mol. The Morgan fingerprint density at radius 2 is 2.11 bits per heavy atom. The molecule has 0 bridgehead atoms. The van der Waals surface area contributed by atoms with Crippen LogP contribution in [-0.4, -0.2) is 21.7 Å². The quantitative estimate of drug-likeness (QED) is 0.725. The van der Waals surface area contributed by atoms with Gasteiger partial charge in [-0.05, 0) is 55.5 Å². The van der Waals surface area contributed by atoms with Crippen molar-refractivity contribution in [3.8, 4) is 10.4 Å². The van der Waals surface area contributed by atoms with Gasteiger partial charge in [0.25, 0.3) is 0 Å². The molecule has 138 valence electrons. The summed E-state index contributed by atoms with van der Waals surface area (Å²) >= 11 is 1.82. The van der Waals surface area contributed by atoms with Crippen LogP contribution < -0.4 is 10.7 Å². The van der Waals surface area contributed by atoms with E-state index in [1.807, 2.05) is 22.0 Å². The summed E-state index contributed by atoms with van der Waals surface area (Å²) in [6, 6.07) is 8.82. The van der Waals surface area contributed by atoms with Gasteiger partial charge >= 0.3 is 5.97 Å². The minimum absolute atomic E-state index is 0.145. The highest BCUT2D eigenvalue weighted by atomic mass is 32.1. The summed E-state index contributed by atoms with van der Waals surface area (Å²) < 4.78 is 1.99. The highest BCUT2D eigenvalue weighted by Crippen LogP contribution is 2.39. The first-order valence-electron chi connectivity index (χ1n) is 9.29. The Balaban J connectivity index is 1.68. The lowest BCUT2D eigenvalue weighted by Gasteiger charge is -2.19. The molecule has 2 aliphatic rings. The van der Waals surface area contributed by atoms with Gasteiger partial charge in [0.05, 0.1) is 5.52 Å². The number of hydrogen-bond donors (Lipinski definition) is 2. The zero-order valence-electron chi connectivity index (χ0n) is 15.0. The van der Waals surface area contributed by atoms with Crippen molar-refractivity contribution in [1.82, 2.24) is 9.88 Å². The molecule has 2 aromatic heterocycles. The molecule has 1 saturated carbocycles. The number of carboxylic acid groups (broad SMARTS) is 1. The normalized spacial score (nSPS) is 19.2. The molecular formula is C21H20N2O3S. The van der Waals surface area contributed by atoms with E-state index in [0.717, 1.165) is 36.9 Å². The number of aromatic nitrogens is 1. The highest BCUT2D eigenvalue weighted by molar-refractivity contribution is 7.15. The van der Waals surface area contributed by atoms with Gasteiger partial charge < -0.3 is 15.0 Å². The van der Waals surface area contributed by atoms with Crippen molar-refractivity contribution in [2.75, 3.05) is 0 Å². The van der Waals surface area contributed by atoms with E-state index in [4.69, 9.17) is 0 Å². The Bertz CT molecular complexity index is 1140. The maximum absolute atomic E-state index is 12.6. The third-order valence-corrected chi connectivity index (χ3v) is 6.77. The van der Waals surface area contributed by atoms with Crippen LogP contribution in [-0.2, 0) is 13.0 Å². The zero-order valence-corrected chi connectivity index (χ0v) is 15.8. The van der Waals surface area contributed by atoms with Crippen molar-refractivity contribution in [1.29, 1.82) is 0 Å². The van der Waals surface area contributed by atoms with E-state index in [1.165, 1.54) is 21.5 Å². The van der Waals surface area contributed by atoms with Gasteiger partial charge in [-0.3, -0.25) is 4.79 Å². The van der Waals surface area contributed by atoms with Gasteiger partial charge in [-0.1, -0.05) is 6.07 Å². The molecule has 0 saturated heterocycles. The molecule has 27 heavy (non-hydrogen) atoms. The van der Waals surface area contributed by atoms with Crippen LogP contribution in [0, 0.1) is 0 Å². The summed E-state index contributed by atoms with van der Waals surface area (Å²) in [4.78, 5) is 26.7. The lowest BCUT2D eigenvalue weighted by molar-refractivity contribution is 0.0695. The summed E-state index contributed by atoms with van der Waals surface area (Å²) in [5.41, 5.74) is 2.74. The molecule has 5 nitrogen and oxygen atoms in total. The van der Waals surface area contributed by atoms with Crippen LogP contribution in [0.5, 0.6) is 0 Å². The fraction of sp³-hybridized carbons (Fsp3) is 0.333. The second-order valence-electron chi connectivity index (χ2n) is 7.59. The smallest absolute Gasteiger partial charge is 0.341 e. The number of hydrogen-bond acceptors (Lipinski definition) is 4. The fourth-order valence-electron chi connectivity index (χ4n) is 3.88. The molecular weight excluding hydrogens is 360 g/mol. The van der Waals surface area contributed by atoms with Crippen molar-refractivity contribution in [3.63, 3.8) is 0 Å². The third-order valence-electron chi connectivity index (χ3n) is 5.52. The number of carboxylic acids is 1. The summed E-state index contributed by atoms with van der Waals surface area (Å²) in [6.45, 7) is 3.10. The van der Waals surface area contributed by atoms with Crippen LogP contribution in [0.1, 0.15) is 46.6 Å². The number of rotatable bonds is 3. The highest BCUT2D eigenvalue weighted by Gasteiger charge is 2.27. The minimum atomic E-state index is -1.16. The molecule has 0 spiro atoms. The van der Waals surface area contributed by atoms with Crippen molar-refractivity contribution in [2.45, 2.75) is 44.8 Å². The number of nitrogens with one attached hydrogen (secondary N) is 1. The largest absolute Gasteiger partial charge is 0.477 e. The number of pyridine rings is 1. The number of aromatic carboxylic acids is 1. The fourth-order valence-corrected chi connectivity index (χ4v) is 5.18. The van der Waals surface area contributed by atoms with E-state index in [2.05, 4.69) is 24.4 Å². The van der Waals surface area contributed by atoms with E-state index in [-0.39, 0.29) is 5.56 Å². The first-order chi connectivity index (χ1) is 13.0.